The van der Waals surface area contributed by atoms with Crippen molar-refractivity contribution >= 4 is 17.4 Å². The van der Waals surface area contributed by atoms with Crippen LogP contribution >= 0.6 is 11.5 Å². The molecule has 5 nitrogen and oxygen atoms in total. The minimum Gasteiger partial charge on any atom is -0.348 e. The Morgan fingerprint density at radius 2 is 2.60 bits per heavy atom. The van der Waals surface area contributed by atoms with Crippen LogP contribution in [0.2, 0.25) is 0 Å². The van der Waals surface area contributed by atoms with Crippen LogP contribution in [0.3, 0.4) is 0 Å². The van der Waals surface area contributed by atoms with E-state index >= 15 is 0 Å². The Bertz CT molecular complexity index is 327. The van der Waals surface area contributed by atoms with E-state index in [0.717, 1.165) is 30.9 Å². The zero-order valence-electron chi connectivity index (χ0n) is 8.56. The highest BCUT2D eigenvalue weighted by Gasteiger charge is 2.20. The summed E-state index contributed by atoms with van der Waals surface area (Å²) in [6.07, 6.45) is 3.48. The normalized spacial score (nSPS) is 26.2. The highest BCUT2D eigenvalue weighted by Crippen LogP contribution is 2.10. The molecule has 1 aliphatic rings. The van der Waals surface area contributed by atoms with Crippen molar-refractivity contribution < 1.29 is 4.79 Å². The van der Waals surface area contributed by atoms with Gasteiger partial charge in [-0.1, -0.05) is 4.49 Å². The van der Waals surface area contributed by atoms with Crippen molar-refractivity contribution in [2.24, 2.45) is 0 Å². The molecule has 2 heterocycles. The van der Waals surface area contributed by atoms with Crippen molar-refractivity contribution in [2.75, 3.05) is 6.54 Å². The Kier molecular flexibility index (Phi) is 3.27. The van der Waals surface area contributed by atoms with Gasteiger partial charge < -0.3 is 10.6 Å². The molecule has 82 valence electrons. The van der Waals surface area contributed by atoms with Crippen molar-refractivity contribution in [1.29, 1.82) is 0 Å². The fourth-order valence-corrected chi connectivity index (χ4v) is 2.21. The first-order chi connectivity index (χ1) is 7.25. The third-order valence-corrected chi connectivity index (χ3v) is 3.21. The van der Waals surface area contributed by atoms with Crippen molar-refractivity contribution in [1.82, 2.24) is 20.2 Å². The van der Waals surface area contributed by atoms with E-state index in [1.165, 1.54) is 6.20 Å². The summed E-state index contributed by atoms with van der Waals surface area (Å²) in [5, 5.41) is 10.00. The number of amides is 1. The summed E-state index contributed by atoms with van der Waals surface area (Å²) in [6.45, 7) is 3.10. The monoisotopic (exact) mass is 226 g/mol. The molecule has 0 bridgehead atoms. The first-order valence-corrected chi connectivity index (χ1v) is 5.84. The highest BCUT2D eigenvalue weighted by molar-refractivity contribution is 7.07. The molecule has 2 rings (SSSR count). The molecule has 0 radical (unpaired) electrons. The van der Waals surface area contributed by atoms with Crippen molar-refractivity contribution in [3.63, 3.8) is 0 Å². The second kappa shape index (κ2) is 4.67. The van der Waals surface area contributed by atoms with E-state index in [2.05, 4.69) is 27.1 Å². The van der Waals surface area contributed by atoms with Gasteiger partial charge in [0.15, 0.2) is 0 Å². The summed E-state index contributed by atoms with van der Waals surface area (Å²) in [6, 6.07) is 0.750. The predicted molar refractivity (Wildman–Crippen MR) is 57.9 cm³/mol. The standard InChI is InChI=1S/C9H14N4OS/c1-6-4-7(2-3-10-6)12-9(14)8-5-11-13-15-8/h5-7,10H,2-4H2,1H3,(H,12,14). The molecule has 1 saturated heterocycles. The lowest BCUT2D eigenvalue weighted by atomic mass is 10.0. The van der Waals surface area contributed by atoms with E-state index in [-0.39, 0.29) is 11.9 Å². The number of hydrogen-bond donors (Lipinski definition) is 2. The summed E-state index contributed by atoms with van der Waals surface area (Å²) in [7, 11) is 0. The number of hydrogen-bond acceptors (Lipinski definition) is 5. The zero-order chi connectivity index (χ0) is 10.7. The van der Waals surface area contributed by atoms with E-state index < -0.39 is 0 Å². The Balaban J connectivity index is 1.89. The molecule has 0 saturated carbocycles. The average Bonchev–Trinajstić information content (AvgIpc) is 2.70. The maximum absolute atomic E-state index is 11.7. The van der Waals surface area contributed by atoms with Crippen molar-refractivity contribution in [3.8, 4) is 0 Å². The number of carbonyl (C=O) groups excluding carboxylic acids is 1. The maximum Gasteiger partial charge on any atom is 0.264 e. The van der Waals surface area contributed by atoms with Gasteiger partial charge in [-0.15, -0.1) is 5.10 Å². The molecule has 1 aromatic rings. The number of nitrogens with one attached hydrogen (secondary N) is 2. The molecule has 0 spiro atoms. The lowest BCUT2D eigenvalue weighted by molar-refractivity contribution is 0.0929. The van der Waals surface area contributed by atoms with Crippen LogP contribution in [0, 0.1) is 0 Å². The summed E-state index contributed by atoms with van der Waals surface area (Å²) >= 11 is 1.13. The lowest BCUT2D eigenvalue weighted by Crippen LogP contribution is -2.46. The third kappa shape index (κ3) is 2.73. The van der Waals surface area contributed by atoms with Gasteiger partial charge in [0, 0.05) is 12.1 Å². The molecule has 2 atom stereocenters. The van der Waals surface area contributed by atoms with Crippen LogP contribution in [0.25, 0.3) is 0 Å². The number of carbonyl (C=O) groups is 1. The van der Waals surface area contributed by atoms with Crippen LogP contribution in [-0.4, -0.2) is 34.1 Å². The minimum atomic E-state index is -0.0518. The molecule has 0 aromatic carbocycles. The van der Waals surface area contributed by atoms with Crippen LogP contribution in [-0.2, 0) is 0 Å². The first kappa shape index (κ1) is 10.5. The van der Waals surface area contributed by atoms with Gasteiger partial charge in [0.25, 0.3) is 5.91 Å². The van der Waals surface area contributed by atoms with E-state index in [9.17, 15) is 4.79 Å². The topological polar surface area (TPSA) is 66.9 Å². The fraction of sp³-hybridized carbons (Fsp3) is 0.667. The van der Waals surface area contributed by atoms with Gasteiger partial charge in [0.1, 0.15) is 4.88 Å². The molecule has 0 aliphatic carbocycles. The van der Waals surface area contributed by atoms with E-state index in [4.69, 9.17) is 0 Å². The molecule has 15 heavy (non-hydrogen) atoms. The third-order valence-electron chi connectivity index (χ3n) is 2.54. The van der Waals surface area contributed by atoms with E-state index in [0.29, 0.717) is 10.9 Å². The van der Waals surface area contributed by atoms with E-state index in [1.54, 1.807) is 0 Å². The van der Waals surface area contributed by atoms with Crippen LogP contribution < -0.4 is 10.6 Å². The molecule has 1 amide bonds. The van der Waals surface area contributed by atoms with Gasteiger partial charge in [-0.25, -0.2) is 0 Å². The molecule has 1 aliphatic heterocycles. The Labute approximate surface area is 92.4 Å². The average molecular weight is 226 g/mol. The largest absolute Gasteiger partial charge is 0.348 e. The highest BCUT2D eigenvalue weighted by atomic mass is 32.1. The zero-order valence-corrected chi connectivity index (χ0v) is 9.38. The van der Waals surface area contributed by atoms with Gasteiger partial charge in [0.2, 0.25) is 0 Å². The van der Waals surface area contributed by atoms with Crippen LogP contribution in [0.5, 0.6) is 0 Å². The van der Waals surface area contributed by atoms with Crippen molar-refractivity contribution in [3.05, 3.63) is 11.1 Å². The second-order valence-electron chi connectivity index (χ2n) is 3.83. The smallest absolute Gasteiger partial charge is 0.264 e. The lowest BCUT2D eigenvalue weighted by Gasteiger charge is -2.28. The SMILES string of the molecule is CC1CC(NC(=O)c2cnns2)CCN1. The Morgan fingerprint density at radius 1 is 1.73 bits per heavy atom. The molecule has 1 fully saturated rings. The molecular formula is C9H14N4OS. The number of nitrogens with zero attached hydrogens (tertiary/aromatic N) is 2. The molecule has 2 unspecified atom stereocenters. The molecular weight excluding hydrogens is 212 g/mol. The first-order valence-electron chi connectivity index (χ1n) is 5.07. The predicted octanol–water partition coefficient (Wildman–Crippen LogP) is 0.408. The second-order valence-corrected chi connectivity index (χ2v) is 4.62. The Hall–Kier alpha value is -1.01. The minimum absolute atomic E-state index is 0.0518. The summed E-state index contributed by atoms with van der Waals surface area (Å²) in [5.41, 5.74) is 0. The summed E-state index contributed by atoms with van der Waals surface area (Å²) in [4.78, 5) is 12.3. The van der Waals surface area contributed by atoms with Crippen molar-refractivity contribution in [2.45, 2.75) is 31.8 Å². The molecule has 2 N–H and O–H groups in total. The Morgan fingerprint density at radius 3 is 3.27 bits per heavy atom. The number of aromatic nitrogens is 2. The van der Waals surface area contributed by atoms with Gasteiger partial charge in [0.05, 0.1) is 6.20 Å². The van der Waals surface area contributed by atoms with Gasteiger partial charge in [-0.3, -0.25) is 4.79 Å². The number of rotatable bonds is 2. The van der Waals surface area contributed by atoms with Gasteiger partial charge in [-0.05, 0) is 37.8 Å². The number of piperidine rings is 1. The van der Waals surface area contributed by atoms with Gasteiger partial charge >= 0.3 is 0 Å². The van der Waals surface area contributed by atoms with Crippen LogP contribution in [0.4, 0.5) is 0 Å². The maximum atomic E-state index is 11.7. The van der Waals surface area contributed by atoms with Gasteiger partial charge in [-0.2, -0.15) is 0 Å². The quantitative estimate of drug-likeness (QED) is 0.766. The molecule has 6 heteroatoms. The van der Waals surface area contributed by atoms with Crippen LogP contribution in [0.1, 0.15) is 29.4 Å². The van der Waals surface area contributed by atoms with E-state index in [1.807, 2.05) is 0 Å². The summed E-state index contributed by atoms with van der Waals surface area (Å²) in [5.74, 6) is -0.0518. The summed E-state index contributed by atoms with van der Waals surface area (Å²) < 4.78 is 3.67. The van der Waals surface area contributed by atoms with Crippen LogP contribution in [0.15, 0.2) is 6.20 Å². The fourth-order valence-electron chi connectivity index (χ4n) is 1.79. The molecule has 1 aromatic heterocycles.